The van der Waals surface area contributed by atoms with Crippen molar-refractivity contribution in [2.45, 2.75) is 20.8 Å². The number of fused-ring (bicyclic) bond motifs is 1. The smallest absolute Gasteiger partial charge is 0.341 e. The first-order valence-electron chi connectivity index (χ1n) is 7.20. The van der Waals surface area contributed by atoms with E-state index >= 15 is 0 Å². The van der Waals surface area contributed by atoms with Crippen molar-refractivity contribution in [2.24, 2.45) is 0 Å². The summed E-state index contributed by atoms with van der Waals surface area (Å²) in [6.45, 7) is 5.74. The minimum atomic E-state index is -1.04. The first-order chi connectivity index (χ1) is 11.0. The van der Waals surface area contributed by atoms with Gasteiger partial charge in [0, 0.05) is 28.7 Å². The summed E-state index contributed by atoms with van der Waals surface area (Å²) in [4.78, 5) is 20.2. The highest BCUT2D eigenvalue weighted by Crippen LogP contribution is 2.25. The first kappa shape index (κ1) is 14.9. The lowest BCUT2D eigenvalue weighted by Gasteiger charge is -2.11. The average molecular weight is 308 g/mol. The monoisotopic (exact) mass is 308 g/mol. The van der Waals surface area contributed by atoms with Gasteiger partial charge in [0.1, 0.15) is 5.56 Å². The third kappa shape index (κ3) is 2.48. The van der Waals surface area contributed by atoms with Crippen molar-refractivity contribution in [3.8, 4) is 0 Å². The van der Waals surface area contributed by atoms with E-state index in [1.54, 1.807) is 6.20 Å². The van der Waals surface area contributed by atoms with Gasteiger partial charge in [0.15, 0.2) is 5.65 Å². The van der Waals surface area contributed by atoms with Gasteiger partial charge < -0.3 is 5.11 Å². The third-order valence-electron chi connectivity index (χ3n) is 3.74. The van der Waals surface area contributed by atoms with Gasteiger partial charge in [-0.15, -0.1) is 0 Å². The Bertz CT molecular complexity index is 941. The Balaban J connectivity index is 2.25. The molecule has 0 aliphatic carbocycles. The number of aromatic nitrogens is 4. The van der Waals surface area contributed by atoms with Crippen LogP contribution in [0.1, 0.15) is 39.9 Å². The highest BCUT2D eigenvalue weighted by atomic mass is 16.4. The highest BCUT2D eigenvalue weighted by molar-refractivity contribution is 5.94. The number of allylic oxidation sites excluding steroid dienone is 1. The molecule has 0 unspecified atom stereocenters. The minimum Gasteiger partial charge on any atom is -0.477 e. The molecule has 0 amide bonds. The maximum atomic E-state index is 11.3. The molecule has 0 saturated carbocycles. The second kappa shape index (κ2) is 5.64. The number of nitrogens with zero attached hydrogens (tertiary/aromatic N) is 4. The molecule has 116 valence electrons. The Hall–Kier alpha value is -3.02. The summed E-state index contributed by atoms with van der Waals surface area (Å²) in [5.74, 6) is -1.04. The fourth-order valence-corrected chi connectivity index (χ4v) is 2.61. The van der Waals surface area contributed by atoms with E-state index in [2.05, 4.69) is 15.1 Å². The zero-order chi connectivity index (χ0) is 16.6. The Morgan fingerprint density at radius 2 is 2.09 bits per heavy atom. The molecule has 0 fully saturated rings. The fraction of sp³-hybridized carbons (Fsp3) is 0.176. The number of aromatic carboxylic acids is 1. The molecule has 0 aromatic carbocycles. The van der Waals surface area contributed by atoms with Gasteiger partial charge >= 0.3 is 5.97 Å². The van der Waals surface area contributed by atoms with Crippen LogP contribution in [0.4, 0.5) is 0 Å². The zero-order valence-electron chi connectivity index (χ0n) is 13.1. The van der Waals surface area contributed by atoms with E-state index in [0.29, 0.717) is 11.3 Å². The number of carbonyl (C=O) groups is 1. The summed E-state index contributed by atoms with van der Waals surface area (Å²) in [5.41, 5.74) is 4.74. The lowest BCUT2D eigenvalue weighted by Crippen LogP contribution is -2.04. The lowest BCUT2D eigenvalue weighted by atomic mass is 10.0. The van der Waals surface area contributed by atoms with Crippen molar-refractivity contribution in [2.75, 3.05) is 0 Å². The summed E-state index contributed by atoms with van der Waals surface area (Å²) < 4.78 is 1.54. The Kier molecular flexibility index (Phi) is 3.65. The highest BCUT2D eigenvalue weighted by Gasteiger charge is 2.17. The van der Waals surface area contributed by atoms with Gasteiger partial charge in [-0.2, -0.15) is 5.10 Å². The summed E-state index contributed by atoms with van der Waals surface area (Å²) in [7, 11) is 0. The van der Waals surface area contributed by atoms with Crippen LogP contribution in [0.15, 0.2) is 36.7 Å². The molecule has 3 aromatic heterocycles. The van der Waals surface area contributed by atoms with Crippen molar-refractivity contribution in [1.82, 2.24) is 19.6 Å². The van der Waals surface area contributed by atoms with E-state index in [1.807, 2.05) is 45.0 Å². The number of carboxylic acid groups (broad SMARTS) is 1. The Labute approximate surface area is 133 Å². The standard InChI is InChI=1S/C17H16N4O2/c1-4-12(13-6-5-7-18-11(13)3)15-8-10(2)21-16(20-15)14(9-19-21)17(22)23/h4-9H,1-3H3,(H,22,23)/b12-4+. The summed E-state index contributed by atoms with van der Waals surface area (Å²) >= 11 is 0. The molecule has 0 atom stereocenters. The predicted molar refractivity (Wildman–Crippen MR) is 86.4 cm³/mol. The molecule has 3 rings (SSSR count). The third-order valence-corrected chi connectivity index (χ3v) is 3.74. The maximum absolute atomic E-state index is 11.3. The molecule has 0 spiro atoms. The van der Waals surface area contributed by atoms with E-state index in [0.717, 1.165) is 22.5 Å². The molecule has 3 heterocycles. The van der Waals surface area contributed by atoms with Crippen LogP contribution in [0.2, 0.25) is 0 Å². The first-order valence-corrected chi connectivity index (χ1v) is 7.20. The van der Waals surface area contributed by atoms with Crippen molar-refractivity contribution in [1.29, 1.82) is 0 Å². The van der Waals surface area contributed by atoms with Crippen LogP contribution in [-0.4, -0.2) is 30.7 Å². The number of hydrogen-bond donors (Lipinski definition) is 1. The molecule has 23 heavy (non-hydrogen) atoms. The molecule has 0 saturated heterocycles. The van der Waals surface area contributed by atoms with Gasteiger partial charge in [-0.25, -0.2) is 14.3 Å². The Morgan fingerprint density at radius 1 is 1.30 bits per heavy atom. The fourth-order valence-electron chi connectivity index (χ4n) is 2.61. The van der Waals surface area contributed by atoms with Gasteiger partial charge in [-0.05, 0) is 32.9 Å². The zero-order valence-corrected chi connectivity index (χ0v) is 13.1. The van der Waals surface area contributed by atoms with Crippen molar-refractivity contribution >= 4 is 17.2 Å². The summed E-state index contributed by atoms with van der Waals surface area (Å²) in [6.07, 6.45) is 5.03. The number of pyridine rings is 1. The van der Waals surface area contributed by atoms with Crippen molar-refractivity contribution in [3.63, 3.8) is 0 Å². The molecule has 3 aromatic rings. The van der Waals surface area contributed by atoms with Crippen LogP contribution >= 0.6 is 0 Å². The van der Waals surface area contributed by atoms with Crippen molar-refractivity contribution < 1.29 is 9.90 Å². The van der Waals surface area contributed by atoms with E-state index in [-0.39, 0.29) is 5.56 Å². The molecule has 0 aliphatic rings. The topological polar surface area (TPSA) is 80.4 Å². The van der Waals surface area contributed by atoms with Gasteiger partial charge in [0.2, 0.25) is 0 Å². The van der Waals surface area contributed by atoms with Crippen LogP contribution in [0.25, 0.3) is 11.2 Å². The van der Waals surface area contributed by atoms with Gasteiger partial charge in [-0.3, -0.25) is 4.98 Å². The maximum Gasteiger partial charge on any atom is 0.341 e. The quantitative estimate of drug-likeness (QED) is 0.804. The van der Waals surface area contributed by atoms with Crippen LogP contribution in [0.5, 0.6) is 0 Å². The van der Waals surface area contributed by atoms with Gasteiger partial charge in [0.05, 0.1) is 11.9 Å². The van der Waals surface area contributed by atoms with E-state index in [1.165, 1.54) is 10.7 Å². The number of hydrogen-bond acceptors (Lipinski definition) is 4. The van der Waals surface area contributed by atoms with Gasteiger partial charge in [-0.1, -0.05) is 12.1 Å². The second-order valence-corrected chi connectivity index (χ2v) is 5.22. The van der Waals surface area contributed by atoms with Crippen LogP contribution in [-0.2, 0) is 0 Å². The van der Waals surface area contributed by atoms with Crippen LogP contribution in [0, 0.1) is 13.8 Å². The average Bonchev–Trinajstić information content (AvgIpc) is 2.94. The summed E-state index contributed by atoms with van der Waals surface area (Å²) in [6, 6.07) is 5.75. The van der Waals surface area contributed by atoms with E-state index < -0.39 is 5.97 Å². The second-order valence-electron chi connectivity index (χ2n) is 5.22. The molecule has 0 radical (unpaired) electrons. The van der Waals surface area contributed by atoms with Crippen molar-refractivity contribution in [3.05, 3.63) is 64.9 Å². The number of rotatable bonds is 3. The predicted octanol–water partition coefficient (Wildman–Crippen LogP) is 2.89. The largest absolute Gasteiger partial charge is 0.477 e. The summed E-state index contributed by atoms with van der Waals surface area (Å²) in [5, 5.41) is 13.4. The molecule has 0 bridgehead atoms. The molecular formula is C17H16N4O2. The van der Waals surface area contributed by atoms with Crippen LogP contribution in [0.3, 0.4) is 0 Å². The normalized spacial score (nSPS) is 11.9. The molecular weight excluding hydrogens is 292 g/mol. The molecule has 0 aliphatic heterocycles. The lowest BCUT2D eigenvalue weighted by molar-refractivity contribution is 0.0699. The molecule has 1 N–H and O–H groups in total. The molecule has 6 heteroatoms. The van der Waals surface area contributed by atoms with Gasteiger partial charge in [0.25, 0.3) is 0 Å². The number of carboxylic acids is 1. The SMILES string of the molecule is C/C=C(/c1cc(C)n2ncc(C(=O)O)c2n1)c1cccnc1C. The number of aryl methyl sites for hydroxylation is 2. The van der Waals surface area contributed by atoms with E-state index in [4.69, 9.17) is 0 Å². The van der Waals surface area contributed by atoms with E-state index in [9.17, 15) is 9.90 Å². The Morgan fingerprint density at radius 3 is 2.74 bits per heavy atom. The van der Waals surface area contributed by atoms with Crippen LogP contribution < -0.4 is 0 Å². The minimum absolute atomic E-state index is 0.0910. The molecule has 6 nitrogen and oxygen atoms in total.